The van der Waals surface area contributed by atoms with Crippen LogP contribution in [0.2, 0.25) is 0 Å². The van der Waals surface area contributed by atoms with Gasteiger partial charge in [-0.05, 0) is 49.9 Å². The highest BCUT2D eigenvalue weighted by Gasteiger charge is 2.30. The van der Waals surface area contributed by atoms with E-state index >= 15 is 0 Å². The van der Waals surface area contributed by atoms with Gasteiger partial charge in [0.25, 0.3) is 0 Å². The number of piperidine rings is 1. The first kappa shape index (κ1) is 23.8. The normalized spacial score (nSPS) is 16.9. The molecule has 2 rings (SSSR count). The largest absolute Gasteiger partial charge is 0.353 e. The summed E-state index contributed by atoms with van der Waals surface area (Å²) < 4.78 is 27.1. The van der Waals surface area contributed by atoms with Gasteiger partial charge in [0.05, 0.1) is 11.4 Å². The number of sulfonamides is 1. The zero-order valence-electron chi connectivity index (χ0n) is 17.4. The molecule has 1 atom stereocenters. The molecule has 1 heterocycles. The Kier molecular flexibility index (Phi) is 8.25. The standard InChI is InChI=1S/C20H30BrN3O4S/c1-14(2)15(3)22-20(26)16-9-11-24(12-10-16)19(25)13-23(4)29(27,28)18-7-5-17(21)6-8-18/h5-8,14-16H,9-13H2,1-4H3,(H,22,26). The Hall–Kier alpha value is -1.45. The highest BCUT2D eigenvalue weighted by atomic mass is 79.9. The molecule has 0 aromatic heterocycles. The fraction of sp³-hybridized carbons (Fsp3) is 0.600. The number of nitrogens with zero attached hydrogens (tertiary/aromatic N) is 2. The molecular weight excluding hydrogens is 458 g/mol. The number of amides is 2. The number of benzene rings is 1. The number of likely N-dealkylation sites (N-methyl/N-ethyl adjacent to an activating group) is 1. The van der Waals surface area contributed by atoms with E-state index in [0.717, 1.165) is 8.78 Å². The van der Waals surface area contributed by atoms with Crippen LogP contribution in [-0.4, -0.2) is 62.2 Å². The molecule has 1 aromatic rings. The molecule has 1 fully saturated rings. The minimum atomic E-state index is -3.73. The van der Waals surface area contributed by atoms with Crippen LogP contribution in [0.4, 0.5) is 0 Å². The Morgan fingerprint density at radius 3 is 2.24 bits per heavy atom. The molecule has 0 aliphatic carbocycles. The van der Waals surface area contributed by atoms with Crippen LogP contribution in [0.15, 0.2) is 33.6 Å². The van der Waals surface area contributed by atoms with Crippen molar-refractivity contribution >= 4 is 37.8 Å². The zero-order valence-corrected chi connectivity index (χ0v) is 19.8. The fourth-order valence-corrected chi connectivity index (χ4v) is 4.45. The van der Waals surface area contributed by atoms with Gasteiger partial charge in [0, 0.05) is 36.6 Å². The third kappa shape index (κ3) is 6.26. The van der Waals surface area contributed by atoms with Gasteiger partial charge in [-0.15, -0.1) is 0 Å². The lowest BCUT2D eigenvalue weighted by Crippen LogP contribution is -2.48. The highest BCUT2D eigenvalue weighted by Crippen LogP contribution is 2.20. The molecule has 1 unspecified atom stereocenters. The van der Waals surface area contributed by atoms with Gasteiger partial charge in [-0.1, -0.05) is 29.8 Å². The van der Waals surface area contributed by atoms with Crippen LogP contribution in [0.5, 0.6) is 0 Å². The molecular formula is C20H30BrN3O4S. The first-order valence-corrected chi connectivity index (χ1v) is 12.1. The molecule has 162 valence electrons. The van der Waals surface area contributed by atoms with E-state index in [-0.39, 0.29) is 35.2 Å². The average Bonchev–Trinajstić information content (AvgIpc) is 2.68. The van der Waals surface area contributed by atoms with Crippen LogP contribution < -0.4 is 5.32 Å². The van der Waals surface area contributed by atoms with Crippen molar-refractivity contribution < 1.29 is 18.0 Å². The van der Waals surface area contributed by atoms with Crippen LogP contribution in [-0.2, 0) is 19.6 Å². The van der Waals surface area contributed by atoms with Crippen molar-refractivity contribution in [2.75, 3.05) is 26.7 Å². The number of carbonyl (C=O) groups is 2. The Morgan fingerprint density at radius 1 is 1.17 bits per heavy atom. The fourth-order valence-electron chi connectivity index (χ4n) is 3.06. The minimum absolute atomic E-state index is 0.0354. The Labute approximate surface area is 182 Å². The summed E-state index contributed by atoms with van der Waals surface area (Å²) in [6.45, 7) is 6.80. The van der Waals surface area contributed by atoms with E-state index in [0.29, 0.717) is 31.8 Å². The van der Waals surface area contributed by atoms with Crippen molar-refractivity contribution in [3.8, 4) is 0 Å². The van der Waals surface area contributed by atoms with Crippen LogP contribution in [0.25, 0.3) is 0 Å². The van der Waals surface area contributed by atoms with E-state index < -0.39 is 10.0 Å². The maximum absolute atomic E-state index is 12.6. The van der Waals surface area contributed by atoms with Crippen molar-refractivity contribution in [2.24, 2.45) is 11.8 Å². The van der Waals surface area contributed by atoms with Gasteiger partial charge in [0.1, 0.15) is 0 Å². The van der Waals surface area contributed by atoms with E-state index in [2.05, 4.69) is 35.1 Å². The molecule has 29 heavy (non-hydrogen) atoms. The topological polar surface area (TPSA) is 86.8 Å². The highest BCUT2D eigenvalue weighted by molar-refractivity contribution is 9.10. The molecule has 0 radical (unpaired) electrons. The smallest absolute Gasteiger partial charge is 0.243 e. The third-order valence-corrected chi connectivity index (χ3v) is 7.81. The first-order valence-electron chi connectivity index (χ1n) is 9.82. The number of hydrogen-bond donors (Lipinski definition) is 1. The Bertz CT molecular complexity index is 819. The lowest BCUT2D eigenvalue weighted by atomic mass is 9.94. The molecule has 1 aliphatic rings. The molecule has 1 aromatic carbocycles. The minimum Gasteiger partial charge on any atom is -0.353 e. The first-order chi connectivity index (χ1) is 13.5. The molecule has 0 bridgehead atoms. The van der Waals surface area contributed by atoms with Crippen molar-refractivity contribution in [1.82, 2.24) is 14.5 Å². The van der Waals surface area contributed by atoms with Gasteiger partial charge >= 0.3 is 0 Å². The van der Waals surface area contributed by atoms with Gasteiger partial charge in [-0.25, -0.2) is 8.42 Å². The second kappa shape index (κ2) is 10.0. The van der Waals surface area contributed by atoms with E-state index in [1.807, 2.05) is 6.92 Å². The van der Waals surface area contributed by atoms with E-state index in [9.17, 15) is 18.0 Å². The summed E-state index contributed by atoms with van der Waals surface area (Å²) in [5.41, 5.74) is 0. The lowest BCUT2D eigenvalue weighted by molar-refractivity contribution is -0.135. The summed E-state index contributed by atoms with van der Waals surface area (Å²) in [5.74, 6) is 0.0455. The van der Waals surface area contributed by atoms with Crippen molar-refractivity contribution in [3.63, 3.8) is 0 Å². The second-order valence-electron chi connectivity index (χ2n) is 7.91. The summed E-state index contributed by atoms with van der Waals surface area (Å²) in [7, 11) is -2.33. The third-order valence-electron chi connectivity index (χ3n) is 5.47. The van der Waals surface area contributed by atoms with Crippen LogP contribution in [0, 0.1) is 11.8 Å². The summed E-state index contributed by atoms with van der Waals surface area (Å²) in [4.78, 5) is 26.8. The molecule has 1 N–H and O–H groups in total. The number of nitrogens with one attached hydrogen (secondary N) is 1. The summed E-state index contributed by atoms with van der Waals surface area (Å²) in [6, 6.07) is 6.42. The second-order valence-corrected chi connectivity index (χ2v) is 10.9. The van der Waals surface area contributed by atoms with Crippen LogP contribution >= 0.6 is 15.9 Å². The predicted octanol–water partition coefficient (Wildman–Crippen LogP) is 2.47. The number of hydrogen-bond acceptors (Lipinski definition) is 4. The van der Waals surface area contributed by atoms with Gasteiger partial charge in [-0.2, -0.15) is 4.31 Å². The van der Waals surface area contributed by atoms with Gasteiger partial charge in [0.15, 0.2) is 0 Å². The van der Waals surface area contributed by atoms with Crippen molar-refractivity contribution in [3.05, 3.63) is 28.7 Å². The summed E-state index contributed by atoms with van der Waals surface area (Å²) in [6.07, 6.45) is 1.18. The van der Waals surface area contributed by atoms with Gasteiger partial charge in [0.2, 0.25) is 21.8 Å². The number of rotatable bonds is 7. The maximum atomic E-state index is 12.6. The van der Waals surface area contributed by atoms with Crippen molar-refractivity contribution in [2.45, 2.75) is 44.6 Å². The number of carbonyl (C=O) groups excluding carboxylic acids is 2. The summed E-state index contributed by atoms with van der Waals surface area (Å²) >= 11 is 3.28. The zero-order chi connectivity index (χ0) is 21.8. The SMILES string of the molecule is CC(C)C(C)NC(=O)C1CCN(C(=O)CN(C)S(=O)(=O)c2ccc(Br)cc2)CC1. The van der Waals surface area contributed by atoms with E-state index in [1.54, 1.807) is 17.0 Å². The van der Waals surface area contributed by atoms with Crippen LogP contribution in [0.3, 0.4) is 0 Å². The molecule has 1 saturated heterocycles. The van der Waals surface area contributed by atoms with E-state index in [1.165, 1.54) is 19.2 Å². The maximum Gasteiger partial charge on any atom is 0.243 e. The quantitative estimate of drug-likeness (QED) is 0.639. The molecule has 0 spiro atoms. The van der Waals surface area contributed by atoms with Crippen molar-refractivity contribution in [1.29, 1.82) is 0 Å². The predicted molar refractivity (Wildman–Crippen MR) is 116 cm³/mol. The van der Waals surface area contributed by atoms with E-state index in [4.69, 9.17) is 0 Å². The monoisotopic (exact) mass is 487 g/mol. The van der Waals surface area contributed by atoms with Gasteiger partial charge < -0.3 is 10.2 Å². The molecule has 9 heteroatoms. The molecule has 0 saturated carbocycles. The Balaban J connectivity index is 1.89. The molecule has 7 nitrogen and oxygen atoms in total. The molecule has 1 aliphatic heterocycles. The number of likely N-dealkylation sites (tertiary alicyclic amines) is 1. The average molecular weight is 488 g/mol. The Morgan fingerprint density at radius 2 is 1.72 bits per heavy atom. The van der Waals surface area contributed by atoms with Gasteiger partial charge in [-0.3, -0.25) is 9.59 Å². The number of halogens is 1. The molecule has 2 amide bonds. The summed E-state index contributed by atoms with van der Waals surface area (Å²) in [5, 5.41) is 3.03. The lowest BCUT2D eigenvalue weighted by Gasteiger charge is -2.33. The van der Waals surface area contributed by atoms with Crippen LogP contribution in [0.1, 0.15) is 33.6 Å².